The van der Waals surface area contributed by atoms with Crippen molar-refractivity contribution in [2.75, 3.05) is 36.5 Å². The summed E-state index contributed by atoms with van der Waals surface area (Å²) in [4.78, 5) is 19.2. The number of anilines is 2. The van der Waals surface area contributed by atoms with Crippen LogP contribution in [0.2, 0.25) is 5.02 Å². The van der Waals surface area contributed by atoms with Gasteiger partial charge in [0, 0.05) is 35.1 Å². The topological polar surface area (TPSA) is 91.3 Å². The number of aliphatic imine (C=N–C) groups is 1. The molecule has 1 fully saturated rings. The Morgan fingerprint density at radius 2 is 1.71 bits per heavy atom. The molecule has 35 heavy (non-hydrogen) atoms. The molecule has 8 nitrogen and oxygen atoms in total. The molecule has 180 valence electrons. The molecular weight excluding hydrogens is 488 g/mol. The van der Waals surface area contributed by atoms with Crippen LogP contribution in [0.3, 0.4) is 0 Å². The van der Waals surface area contributed by atoms with Crippen molar-refractivity contribution in [3.05, 3.63) is 88.9 Å². The average Bonchev–Trinajstić information content (AvgIpc) is 3.24. The Bertz CT molecular complexity index is 1390. The van der Waals surface area contributed by atoms with E-state index in [2.05, 4.69) is 10.3 Å². The third-order valence-corrected chi connectivity index (χ3v) is 8.03. The summed E-state index contributed by atoms with van der Waals surface area (Å²) < 4.78 is 33.1. The second-order valence-electron chi connectivity index (χ2n) is 8.13. The van der Waals surface area contributed by atoms with Crippen molar-refractivity contribution in [1.29, 1.82) is 0 Å². The van der Waals surface area contributed by atoms with Gasteiger partial charge in [0.25, 0.3) is 0 Å². The molecule has 10 heteroatoms. The monoisotopic (exact) mass is 510 g/mol. The molecule has 0 spiro atoms. The smallest absolute Gasteiger partial charge is 0.347 e. The Labute approximate surface area is 208 Å². The first-order chi connectivity index (χ1) is 16.9. The Balaban J connectivity index is 1.47. The molecule has 1 N–H and O–H groups in total. The molecule has 2 heterocycles. The van der Waals surface area contributed by atoms with Gasteiger partial charge >= 0.3 is 6.03 Å². The van der Waals surface area contributed by atoms with Gasteiger partial charge in [-0.1, -0.05) is 41.9 Å². The number of amides is 2. The highest BCUT2D eigenvalue weighted by molar-refractivity contribution is 7.89. The molecular formula is C25H23ClN4O4S. The number of rotatable bonds is 4. The van der Waals surface area contributed by atoms with E-state index in [-0.39, 0.29) is 4.90 Å². The van der Waals surface area contributed by atoms with E-state index in [1.54, 1.807) is 42.5 Å². The summed E-state index contributed by atoms with van der Waals surface area (Å²) >= 11 is 5.92. The van der Waals surface area contributed by atoms with E-state index in [1.807, 2.05) is 35.2 Å². The predicted molar refractivity (Wildman–Crippen MR) is 136 cm³/mol. The summed E-state index contributed by atoms with van der Waals surface area (Å²) in [5.74, 6) is 0.452. The molecule has 0 saturated carbocycles. The quantitative estimate of drug-likeness (QED) is 0.563. The number of nitrogens with zero attached hydrogens (tertiary/aromatic N) is 3. The van der Waals surface area contributed by atoms with Gasteiger partial charge in [0.15, 0.2) is 0 Å². The largest absolute Gasteiger partial charge is 0.379 e. The van der Waals surface area contributed by atoms with Crippen molar-refractivity contribution in [1.82, 2.24) is 4.31 Å². The van der Waals surface area contributed by atoms with Crippen molar-refractivity contribution < 1.29 is 17.9 Å². The number of halogens is 1. The zero-order chi connectivity index (χ0) is 24.4. The lowest BCUT2D eigenvalue weighted by Crippen LogP contribution is -2.40. The summed E-state index contributed by atoms with van der Waals surface area (Å²) in [6.45, 7) is 1.85. The third-order valence-electron chi connectivity index (χ3n) is 5.88. The van der Waals surface area contributed by atoms with Gasteiger partial charge in [-0.15, -0.1) is 0 Å². The number of urea groups is 1. The van der Waals surface area contributed by atoms with Crippen LogP contribution in [0, 0.1) is 0 Å². The maximum atomic E-state index is 13.2. The number of ether oxygens (including phenoxy) is 1. The molecule has 0 radical (unpaired) electrons. The zero-order valence-electron chi connectivity index (χ0n) is 18.7. The summed E-state index contributed by atoms with van der Waals surface area (Å²) in [5, 5.41) is 3.32. The van der Waals surface area contributed by atoms with Crippen molar-refractivity contribution in [2.45, 2.75) is 11.4 Å². The molecule has 1 saturated heterocycles. The van der Waals surface area contributed by atoms with Gasteiger partial charge in [-0.2, -0.15) is 9.30 Å². The number of benzene rings is 3. The Morgan fingerprint density at radius 3 is 2.49 bits per heavy atom. The number of amidine groups is 1. The summed E-state index contributed by atoms with van der Waals surface area (Å²) in [6.07, 6.45) is 0. The Hall–Kier alpha value is -3.24. The van der Waals surface area contributed by atoms with Gasteiger partial charge in [0.05, 0.1) is 24.7 Å². The van der Waals surface area contributed by atoms with Crippen molar-refractivity contribution in [3.63, 3.8) is 0 Å². The fraction of sp³-hybridized carbons (Fsp3) is 0.200. The highest BCUT2D eigenvalue weighted by Crippen LogP contribution is 2.31. The van der Waals surface area contributed by atoms with Crippen LogP contribution in [0.15, 0.2) is 82.7 Å². The molecule has 3 aromatic rings. The van der Waals surface area contributed by atoms with E-state index in [1.165, 1.54) is 4.31 Å². The number of carbonyl (C=O) groups excluding carboxylic acids is 1. The molecule has 2 aliphatic rings. The Morgan fingerprint density at radius 1 is 0.971 bits per heavy atom. The first kappa shape index (κ1) is 23.5. The van der Waals surface area contributed by atoms with Crippen molar-refractivity contribution in [2.24, 2.45) is 4.99 Å². The molecule has 2 aliphatic heterocycles. The van der Waals surface area contributed by atoms with Crippen molar-refractivity contribution >= 4 is 44.9 Å². The minimum absolute atomic E-state index is 0.192. The number of nitrogens with one attached hydrogen (secondary N) is 1. The molecule has 5 rings (SSSR count). The van der Waals surface area contributed by atoms with Crippen LogP contribution in [0.25, 0.3) is 0 Å². The highest BCUT2D eigenvalue weighted by Gasteiger charge is 2.30. The maximum Gasteiger partial charge on any atom is 0.347 e. The third kappa shape index (κ3) is 4.94. The van der Waals surface area contributed by atoms with Gasteiger partial charge in [-0.3, -0.25) is 0 Å². The van der Waals surface area contributed by atoms with Crippen LogP contribution >= 0.6 is 11.6 Å². The molecule has 0 unspecified atom stereocenters. The summed E-state index contributed by atoms with van der Waals surface area (Å²) in [6, 6.07) is 20.6. The van der Waals surface area contributed by atoms with Gasteiger partial charge in [-0.25, -0.2) is 13.2 Å². The molecule has 2 amide bonds. The lowest BCUT2D eigenvalue weighted by molar-refractivity contribution is 0.0730. The van der Waals surface area contributed by atoms with E-state index >= 15 is 0 Å². The van der Waals surface area contributed by atoms with Gasteiger partial charge in [0.2, 0.25) is 10.0 Å². The van der Waals surface area contributed by atoms with Crippen LogP contribution in [0.1, 0.15) is 11.1 Å². The number of morpholine rings is 1. The minimum atomic E-state index is -3.67. The standard InChI is InChI=1S/C25H23ClN4O4S/c26-19-8-10-20(11-9-19)27-25(31)28-24-23-7-2-1-4-18(23)17-30(24)21-5-3-6-22(16-21)35(32,33)29-12-14-34-15-13-29/h1-11,16H,12-15,17H2,(H,27,31). The molecule has 0 atom stereocenters. The number of carbonyl (C=O) groups is 1. The number of fused-ring (bicyclic) bond motifs is 1. The molecule has 0 aliphatic carbocycles. The Kier molecular flexibility index (Phi) is 6.57. The molecule has 0 bridgehead atoms. The van der Waals surface area contributed by atoms with Crippen LogP contribution in [0.5, 0.6) is 0 Å². The lowest BCUT2D eigenvalue weighted by Gasteiger charge is -2.27. The minimum Gasteiger partial charge on any atom is -0.379 e. The second kappa shape index (κ2) is 9.79. The molecule has 0 aromatic heterocycles. The van der Waals surface area contributed by atoms with Gasteiger partial charge in [0.1, 0.15) is 5.84 Å². The first-order valence-corrected chi connectivity index (χ1v) is 12.9. The predicted octanol–water partition coefficient (Wildman–Crippen LogP) is 4.36. The van der Waals surface area contributed by atoms with Crippen LogP contribution < -0.4 is 10.2 Å². The number of sulfonamides is 1. The first-order valence-electron chi connectivity index (χ1n) is 11.1. The van der Waals surface area contributed by atoms with Crippen LogP contribution in [-0.4, -0.2) is 50.9 Å². The van der Waals surface area contributed by atoms with Gasteiger partial charge in [-0.05, 0) is 48.0 Å². The summed E-state index contributed by atoms with van der Waals surface area (Å²) in [7, 11) is -3.67. The fourth-order valence-electron chi connectivity index (χ4n) is 4.13. The maximum absolute atomic E-state index is 13.2. The van der Waals surface area contributed by atoms with E-state index in [9.17, 15) is 13.2 Å². The molecule has 3 aromatic carbocycles. The fourth-order valence-corrected chi connectivity index (χ4v) is 5.70. The van der Waals surface area contributed by atoms with Gasteiger partial charge < -0.3 is 15.0 Å². The van der Waals surface area contributed by atoms with E-state index in [0.717, 1.165) is 11.1 Å². The lowest BCUT2D eigenvalue weighted by atomic mass is 10.1. The SMILES string of the molecule is O=C(N=C1c2ccccc2CN1c1cccc(S(=O)(=O)N2CCOCC2)c1)Nc1ccc(Cl)cc1. The second-order valence-corrected chi connectivity index (χ2v) is 10.5. The normalized spacial score (nSPS) is 17.4. The van der Waals surface area contributed by atoms with Crippen molar-refractivity contribution in [3.8, 4) is 0 Å². The highest BCUT2D eigenvalue weighted by atomic mass is 35.5. The van der Waals surface area contributed by atoms with E-state index < -0.39 is 16.1 Å². The van der Waals surface area contributed by atoms with E-state index in [4.69, 9.17) is 16.3 Å². The summed E-state index contributed by atoms with van der Waals surface area (Å²) in [5.41, 5.74) is 3.01. The average molecular weight is 511 g/mol. The zero-order valence-corrected chi connectivity index (χ0v) is 20.3. The van der Waals surface area contributed by atoms with Crippen LogP contribution in [-0.2, 0) is 21.3 Å². The van der Waals surface area contributed by atoms with Crippen LogP contribution in [0.4, 0.5) is 16.2 Å². The van der Waals surface area contributed by atoms with E-state index in [0.29, 0.717) is 55.1 Å². The number of hydrogen-bond donors (Lipinski definition) is 1. The number of hydrogen-bond acceptors (Lipinski definition) is 4.